The molecule has 16 heavy (non-hydrogen) atoms. The Morgan fingerprint density at radius 3 is 3.06 bits per heavy atom. The molecule has 0 saturated carbocycles. The highest BCUT2D eigenvalue weighted by molar-refractivity contribution is 6.22. The number of nitrogens with one attached hydrogen (secondary N) is 1. The lowest BCUT2D eigenvalue weighted by Crippen LogP contribution is -2.37. The van der Waals surface area contributed by atoms with Gasteiger partial charge >= 0.3 is 0 Å². The van der Waals surface area contributed by atoms with Crippen molar-refractivity contribution in [3.05, 3.63) is 23.8 Å². The number of rotatable bonds is 3. The van der Waals surface area contributed by atoms with Gasteiger partial charge in [0.05, 0.1) is 5.69 Å². The first kappa shape index (κ1) is 11.2. The monoisotopic (exact) mass is 240 g/mol. The van der Waals surface area contributed by atoms with E-state index in [2.05, 4.69) is 5.32 Å². The number of alkyl halides is 1. The standard InChI is InChI=1S/C11H13ClN2O2/c1-13-5-8-2-3-10-9(4-8)14(7-12)11(15)6-16-10/h2-4,13H,5-7H2,1H3. The molecule has 0 aliphatic carbocycles. The Hall–Kier alpha value is -1.26. The van der Waals surface area contributed by atoms with Crippen molar-refractivity contribution in [2.24, 2.45) is 0 Å². The normalized spacial score (nSPS) is 14.6. The van der Waals surface area contributed by atoms with Crippen LogP contribution in [0.3, 0.4) is 0 Å². The first-order chi connectivity index (χ1) is 7.76. The average Bonchev–Trinajstić information content (AvgIpc) is 2.29. The molecule has 0 aromatic heterocycles. The molecule has 0 bridgehead atoms. The molecule has 1 amide bonds. The number of amides is 1. The summed E-state index contributed by atoms with van der Waals surface area (Å²) in [5.41, 5.74) is 1.84. The van der Waals surface area contributed by atoms with E-state index in [1.165, 1.54) is 4.90 Å². The van der Waals surface area contributed by atoms with Crippen molar-refractivity contribution in [3.63, 3.8) is 0 Å². The molecular weight excluding hydrogens is 228 g/mol. The summed E-state index contributed by atoms with van der Waals surface area (Å²) in [5.74, 6) is 0.601. The molecule has 1 aliphatic heterocycles. The Labute approximate surface area is 99.1 Å². The van der Waals surface area contributed by atoms with Crippen LogP contribution in [-0.2, 0) is 11.3 Å². The number of ether oxygens (including phenoxy) is 1. The minimum Gasteiger partial charge on any atom is -0.482 e. The Balaban J connectivity index is 2.37. The second-order valence-electron chi connectivity index (χ2n) is 3.56. The number of hydrogen-bond acceptors (Lipinski definition) is 3. The van der Waals surface area contributed by atoms with Gasteiger partial charge in [0.1, 0.15) is 11.8 Å². The third-order valence-electron chi connectivity index (χ3n) is 2.47. The number of benzene rings is 1. The number of fused-ring (bicyclic) bond motifs is 1. The van der Waals surface area contributed by atoms with Crippen molar-refractivity contribution in [2.75, 3.05) is 24.6 Å². The molecule has 0 atom stereocenters. The molecule has 86 valence electrons. The molecule has 4 nitrogen and oxygen atoms in total. The van der Waals surface area contributed by atoms with Crippen molar-refractivity contribution in [3.8, 4) is 5.75 Å². The van der Waals surface area contributed by atoms with Gasteiger partial charge in [0, 0.05) is 6.54 Å². The fourth-order valence-corrected chi connectivity index (χ4v) is 1.95. The fraction of sp³-hybridized carbons (Fsp3) is 0.364. The predicted molar refractivity (Wildman–Crippen MR) is 62.9 cm³/mol. The van der Waals surface area contributed by atoms with Crippen LogP contribution in [-0.4, -0.2) is 25.6 Å². The van der Waals surface area contributed by atoms with Crippen molar-refractivity contribution in [2.45, 2.75) is 6.54 Å². The van der Waals surface area contributed by atoms with Crippen LogP contribution in [0.2, 0.25) is 0 Å². The lowest BCUT2D eigenvalue weighted by Gasteiger charge is -2.27. The molecule has 0 radical (unpaired) electrons. The van der Waals surface area contributed by atoms with E-state index in [1.54, 1.807) is 0 Å². The minimum atomic E-state index is -0.107. The van der Waals surface area contributed by atoms with E-state index in [0.717, 1.165) is 17.8 Å². The first-order valence-corrected chi connectivity index (χ1v) is 5.56. The van der Waals surface area contributed by atoms with Crippen molar-refractivity contribution in [1.29, 1.82) is 0 Å². The van der Waals surface area contributed by atoms with Gasteiger partial charge in [-0.05, 0) is 24.7 Å². The van der Waals surface area contributed by atoms with Gasteiger partial charge in [0.2, 0.25) is 0 Å². The quantitative estimate of drug-likeness (QED) is 0.640. The molecule has 0 fully saturated rings. The van der Waals surface area contributed by atoms with Crippen LogP contribution in [0.15, 0.2) is 18.2 Å². The summed E-state index contributed by atoms with van der Waals surface area (Å²) >= 11 is 5.77. The molecule has 5 heteroatoms. The summed E-state index contributed by atoms with van der Waals surface area (Å²) in [5, 5.41) is 3.06. The molecule has 0 spiro atoms. The SMILES string of the molecule is CNCc1ccc2c(c1)N(CCl)C(=O)CO2. The van der Waals surface area contributed by atoms with Gasteiger partial charge in [0.25, 0.3) is 5.91 Å². The van der Waals surface area contributed by atoms with E-state index in [-0.39, 0.29) is 18.5 Å². The third-order valence-corrected chi connectivity index (χ3v) is 2.71. The summed E-state index contributed by atoms with van der Waals surface area (Å²) in [6, 6.07) is 5.91. The fourth-order valence-electron chi connectivity index (χ4n) is 1.69. The summed E-state index contributed by atoms with van der Waals surface area (Å²) in [6.07, 6.45) is 0. The first-order valence-electron chi connectivity index (χ1n) is 5.03. The zero-order valence-corrected chi connectivity index (χ0v) is 9.75. The smallest absolute Gasteiger partial charge is 0.266 e. The maximum Gasteiger partial charge on any atom is 0.266 e. The largest absolute Gasteiger partial charge is 0.482 e. The maximum absolute atomic E-state index is 11.6. The van der Waals surface area contributed by atoms with E-state index in [9.17, 15) is 4.79 Å². The average molecular weight is 241 g/mol. The zero-order chi connectivity index (χ0) is 11.5. The Morgan fingerprint density at radius 2 is 2.38 bits per heavy atom. The molecule has 1 aromatic rings. The number of hydrogen-bond donors (Lipinski definition) is 1. The molecule has 1 heterocycles. The van der Waals surface area contributed by atoms with Crippen LogP contribution in [0, 0.1) is 0 Å². The van der Waals surface area contributed by atoms with E-state index < -0.39 is 0 Å². The molecule has 1 aliphatic rings. The van der Waals surface area contributed by atoms with Crippen molar-refractivity contribution < 1.29 is 9.53 Å². The van der Waals surface area contributed by atoms with E-state index in [0.29, 0.717) is 5.75 Å². The molecule has 2 rings (SSSR count). The number of carbonyl (C=O) groups excluding carboxylic acids is 1. The van der Waals surface area contributed by atoms with Crippen molar-refractivity contribution >= 4 is 23.2 Å². The summed E-state index contributed by atoms with van der Waals surface area (Å²) < 4.78 is 5.33. The van der Waals surface area contributed by atoms with Gasteiger partial charge in [-0.15, -0.1) is 11.6 Å². The third kappa shape index (κ3) is 1.99. The Morgan fingerprint density at radius 1 is 1.56 bits per heavy atom. The lowest BCUT2D eigenvalue weighted by atomic mass is 10.1. The number of carbonyl (C=O) groups is 1. The van der Waals surface area contributed by atoms with Gasteiger partial charge in [0.15, 0.2) is 6.61 Å². The van der Waals surface area contributed by atoms with Crippen LogP contribution in [0.4, 0.5) is 5.69 Å². The highest BCUT2D eigenvalue weighted by atomic mass is 35.5. The number of halogens is 1. The van der Waals surface area contributed by atoms with Gasteiger partial charge in [-0.1, -0.05) is 6.07 Å². The molecule has 0 saturated heterocycles. The van der Waals surface area contributed by atoms with Crippen LogP contribution in [0.5, 0.6) is 5.75 Å². The van der Waals surface area contributed by atoms with Gasteiger partial charge in [-0.2, -0.15) is 0 Å². The molecular formula is C11H13ClN2O2. The van der Waals surface area contributed by atoms with E-state index in [4.69, 9.17) is 16.3 Å². The highest BCUT2D eigenvalue weighted by Gasteiger charge is 2.24. The van der Waals surface area contributed by atoms with Crippen molar-refractivity contribution in [1.82, 2.24) is 5.32 Å². The Kier molecular flexibility index (Phi) is 3.31. The second-order valence-corrected chi connectivity index (χ2v) is 3.80. The van der Waals surface area contributed by atoms with Gasteiger partial charge in [-0.25, -0.2) is 0 Å². The van der Waals surface area contributed by atoms with Crippen LogP contribution in [0.25, 0.3) is 0 Å². The zero-order valence-electron chi connectivity index (χ0n) is 9.00. The van der Waals surface area contributed by atoms with E-state index >= 15 is 0 Å². The summed E-state index contributed by atoms with van der Waals surface area (Å²) in [4.78, 5) is 13.1. The highest BCUT2D eigenvalue weighted by Crippen LogP contribution is 2.33. The van der Waals surface area contributed by atoms with Crippen LogP contribution < -0.4 is 15.0 Å². The van der Waals surface area contributed by atoms with Crippen LogP contribution >= 0.6 is 11.6 Å². The maximum atomic E-state index is 11.6. The van der Waals surface area contributed by atoms with E-state index in [1.807, 2.05) is 25.2 Å². The van der Waals surface area contributed by atoms with Gasteiger partial charge < -0.3 is 10.1 Å². The topological polar surface area (TPSA) is 41.6 Å². The Bertz CT molecular complexity index is 409. The summed E-state index contributed by atoms with van der Waals surface area (Å²) in [7, 11) is 1.88. The summed E-state index contributed by atoms with van der Waals surface area (Å²) in [6.45, 7) is 0.808. The lowest BCUT2D eigenvalue weighted by molar-refractivity contribution is -0.121. The minimum absolute atomic E-state index is 0.0606. The number of anilines is 1. The van der Waals surface area contributed by atoms with Crippen LogP contribution in [0.1, 0.15) is 5.56 Å². The van der Waals surface area contributed by atoms with Gasteiger partial charge in [-0.3, -0.25) is 9.69 Å². The molecule has 1 aromatic carbocycles. The predicted octanol–water partition coefficient (Wildman–Crippen LogP) is 1.33. The second kappa shape index (κ2) is 4.72. The number of nitrogens with zero attached hydrogens (tertiary/aromatic N) is 1. The molecule has 0 unspecified atom stereocenters. The molecule has 1 N–H and O–H groups in total.